The average Bonchev–Trinajstić information content (AvgIpc) is 2.36. The van der Waals surface area contributed by atoms with Crippen LogP contribution in [0.2, 0.25) is 0 Å². The number of nitrogens with one attached hydrogen (secondary N) is 1. The summed E-state index contributed by atoms with van der Waals surface area (Å²) in [6, 6.07) is 7.86. The summed E-state index contributed by atoms with van der Waals surface area (Å²) in [5, 5.41) is 3.12. The Bertz CT molecular complexity index is 418. The number of carbonyl (C=O) groups excluding carboxylic acids is 1. The zero-order valence-corrected chi connectivity index (χ0v) is 11.0. The fraction of sp³-hybridized carbons (Fsp3) is 0.500. The van der Waals surface area contributed by atoms with Crippen molar-refractivity contribution in [3.63, 3.8) is 0 Å². The first-order chi connectivity index (χ1) is 8.68. The van der Waals surface area contributed by atoms with E-state index in [4.69, 9.17) is 4.74 Å². The number of carbonyl (C=O) groups is 1. The minimum Gasteiger partial charge on any atom is -0.379 e. The lowest BCUT2D eigenvalue weighted by molar-refractivity contribution is -0.117. The van der Waals surface area contributed by atoms with Crippen molar-refractivity contribution in [2.24, 2.45) is 5.92 Å². The SMILES string of the molecule is CC(C)COCCN1C(=O)CNc2ccccc21. The summed E-state index contributed by atoms with van der Waals surface area (Å²) in [6.45, 7) is 6.53. The van der Waals surface area contributed by atoms with Gasteiger partial charge in [0.15, 0.2) is 0 Å². The molecular formula is C14H20N2O2. The summed E-state index contributed by atoms with van der Waals surface area (Å²) in [4.78, 5) is 13.7. The second-order valence-electron chi connectivity index (χ2n) is 4.88. The van der Waals surface area contributed by atoms with Crippen molar-refractivity contribution in [2.45, 2.75) is 13.8 Å². The van der Waals surface area contributed by atoms with Crippen LogP contribution in [-0.2, 0) is 9.53 Å². The first kappa shape index (κ1) is 12.9. The van der Waals surface area contributed by atoms with Crippen LogP contribution in [0.15, 0.2) is 24.3 Å². The number of rotatable bonds is 5. The Labute approximate surface area is 108 Å². The Balaban J connectivity index is 1.97. The maximum absolute atomic E-state index is 11.9. The number of hydrogen-bond acceptors (Lipinski definition) is 3. The fourth-order valence-corrected chi connectivity index (χ4v) is 1.98. The van der Waals surface area contributed by atoms with Gasteiger partial charge in [-0.3, -0.25) is 4.79 Å². The number of nitrogens with zero attached hydrogens (tertiary/aromatic N) is 1. The number of fused-ring (bicyclic) bond motifs is 1. The van der Waals surface area contributed by atoms with Gasteiger partial charge in [-0.1, -0.05) is 26.0 Å². The Kier molecular flexibility index (Phi) is 4.20. The smallest absolute Gasteiger partial charge is 0.246 e. The molecule has 0 bridgehead atoms. The van der Waals surface area contributed by atoms with Crippen molar-refractivity contribution in [3.05, 3.63) is 24.3 Å². The minimum atomic E-state index is 0.0989. The monoisotopic (exact) mass is 248 g/mol. The van der Waals surface area contributed by atoms with Gasteiger partial charge in [-0.15, -0.1) is 0 Å². The number of hydrogen-bond donors (Lipinski definition) is 1. The van der Waals surface area contributed by atoms with Crippen LogP contribution in [-0.4, -0.2) is 32.2 Å². The molecule has 1 heterocycles. The van der Waals surface area contributed by atoms with Gasteiger partial charge in [-0.25, -0.2) is 0 Å². The highest BCUT2D eigenvalue weighted by atomic mass is 16.5. The van der Waals surface area contributed by atoms with E-state index in [0.29, 0.717) is 25.6 Å². The zero-order chi connectivity index (χ0) is 13.0. The molecule has 0 radical (unpaired) electrons. The van der Waals surface area contributed by atoms with Crippen LogP contribution in [0.1, 0.15) is 13.8 Å². The predicted octanol–water partition coefficient (Wildman–Crippen LogP) is 2.12. The number of ether oxygens (including phenoxy) is 1. The maximum atomic E-state index is 11.9. The van der Waals surface area contributed by atoms with Gasteiger partial charge in [-0.2, -0.15) is 0 Å². The second kappa shape index (κ2) is 5.87. The Morgan fingerprint density at radius 3 is 2.94 bits per heavy atom. The summed E-state index contributed by atoms with van der Waals surface area (Å²) in [5.74, 6) is 0.623. The normalized spacial score (nSPS) is 14.6. The Morgan fingerprint density at radius 1 is 1.39 bits per heavy atom. The molecule has 0 fully saturated rings. The van der Waals surface area contributed by atoms with E-state index in [1.807, 2.05) is 24.3 Å². The Morgan fingerprint density at radius 2 is 2.17 bits per heavy atom. The van der Waals surface area contributed by atoms with Gasteiger partial charge in [0.1, 0.15) is 0 Å². The predicted molar refractivity (Wildman–Crippen MR) is 72.9 cm³/mol. The quantitative estimate of drug-likeness (QED) is 0.811. The third kappa shape index (κ3) is 3.01. The van der Waals surface area contributed by atoms with Gasteiger partial charge >= 0.3 is 0 Å². The lowest BCUT2D eigenvalue weighted by Crippen LogP contribution is -2.41. The maximum Gasteiger partial charge on any atom is 0.246 e. The number of benzene rings is 1. The van der Waals surface area contributed by atoms with E-state index in [-0.39, 0.29) is 5.91 Å². The van der Waals surface area contributed by atoms with Gasteiger partial charge in [-0.05, 0) is 18.1 Å². The molecule has 0 spiro atoms. The lowest BCUT2D eigenvalue weighted by Gasteiger charge is -2.30. The van der Waals surface area contributed by atoms with Gasteiger partial charge in [0, 0.05) is 13.2 Å². The minimum absolute atomic E-state index is 0.0989. The highest BCUT2D eigenvalue weighted by molar-refractivity contribution is 6.02. The molecule has 1 amide bonds. The van der Waals surface area contributed by atoms with E-state index in [9.17, 15) is 4.79 Å². The van der Waals surface area contributed by atoms with Crippen LogP contribution in [0.25, 0.3) is 0 Å². The molecule has 0 atom stereocenters. The van der Waals surface area contributed by atoms with Crippen LogP contribution >= 0.6 is 0 Å². The van der Waals surface area contributed by atoms with Crippen molar-refractivity contribution in [2.75, 3.05) is 36.5 Å². The molecule has 0 unspecified atom stereocenters. The van der Waals surface area contributed by atoms with Crippen molar-refractivity contribution < 1.29 is 9.53 Å². The molecule has 0 aliphatic carbocycles. The molecular weight excluding hydrogens is 228 g/mol. The molecule has 1 aromatic carbocycles. The largest absolute Gasteiger partial charge is 0.379 e. The zero-order valence-electron chi connectivity index (χ0n) is 11.0. The number of amides is 1. The molecule has 98 valence electrons. The summed E-state index contributed by atoms with van der Waals surface area (Å²) in [5.41, 5.74) is 1.96. The van der Waals surface area contributed by atoms with Crippen LogP contribution in [0.3, 0.4) is 0 Å². The molecule has 1 aromatic rings. The molecule has 0 saturated heterocycles. The molecule has 0 saturated carbocycles. The Hall–Kier alpha value is -1.55. The molecule has 1 aliphatic rings. The molecule has 18 heavy (non-hydrogen) atoms. The van der Waals surface area contributed by atoms with Gasteiger partial charge in [0.05, 0.1) is 24.5 Å². The summed E-state index contributed by atoms with van der Waals surface area (Å²) >= 11 is 0. The second-order valence-corrected chi connectivity index (χ2v) is 4.88. The van der Waals surface area contributed by atoms with Crippen molar-refractivity contribution >= 4 is 17.3 Å². The number of anilines is 2. The van der Waals surface area contributed by atoms with Gasteiger partial charge < -0.3 is 15.0 Å². The van der Waals surface area contributed by atoms with E-state index in [0.717, 1.165) is 18.0 Å². The van der Waals surface area contributed by atoms with Crippen molar-refractivity contribution in [3.8, 4) is 0 Å². The summed E-state index contributed by atoms with van der Waals surface area (Å²) in [6.07, 6.45) is 0. The molecule has 4 nitrogen and oxygen atoms in total. The number of para-hydroxylation sites is 2. The third-order valence-corrected chi connectivity index (χ3v) is 2.84. The lowest BCUT2D eigenvalue weighted by atomic mass is 10.2. The highest BCUT2D eigenvalue weighted by Gasteiger charge is 2.22. The van der Waals surface area contributed by atoms with Crippen molar-refractivity contribution in [1.82, 2.24) is 0 Å². The van der Waals surface area contributed by atoms with Gasteiger partial charge in [0.2, 0.25) is 5.91 Å². The molecule has 1 N–H and O–H groups in total. The van der Waals surface area contributed by atoms with E-state index in [2.05, 4.69) is 19.2 Å². The van der Waals surface area contributed by atoms with E-state index < -0.39 is 0 Å². The van der Waals surface area contributed by atoms with Gasteiger partial charge in [0.25, 0.3) is 0 Å². The van der Waals surface area contributed by atoms with E-state index in [1.165, 1.54) is 0 Å². The third-order valence-electron chi connectivity index (χ3n) is 2.84. The van der Waals surface area contributed by atoms with Crippen molar-refractivity contribution in [1.29, 1.82) is 0 Å². The molecule has 2 rings (SSSR count). The fourth-order valence-electron chi connectivity index (χ4n) is 1.98. The van der Waals surface area contributed by atoms with Crippen LogP contribution in [0.4, 0.5) is 11.4 Å². The van der Waals surface area contributed by atoms with Crippen LogP contribution in [0, 0.1) is 5.92 Å². The summed E-state index contributed by atoms with van der Waals surface area (Å²) < 4.78 is 5.55. The molecule has 4 heteroatoms. The average molecular weight is 248 g/mol. The first-order valence-electron chi connectivity index (χ1n) is 6.39. The topological polar surface area (TPSA) is 41.6 Å². The standard InChI is InChI=1S/C14H20N2O2/c1-11(2)10-18-8-7-16-13-6-4-3-5-12(13)15-9-14(16)17/h3-6,11,15H,7-10H2,1-2H3. The van der Waals surface area contributed by atoms with Crippen LogP contribution in [0.5, 0.6) is 0 Å². The van der Waals surface area contributed by atoms with E-state index >= 15 is 0 Å². The summed E-state index contributed by atoms with van der Waals surface area (Å²) in [7, 11) is 0. The molecule has 0 aromatic heterocycles. The first-order valence-corrected chi connectivity index (χ1v) is 6.39. The van der Waals surface area contributed by atoms with Crippen LogP contribution < -0.4 is 10.2 Å². The highest BCUT2D eigenvalue weighted by Crippen LogP contribution is 2.28. The van der Waals surface area contributed by atoms with E-state index in [1.54, 1.807) is 4.90 Å². The molecule has 1 aliphatic heterocycles.